The molecule has 0 saturated heterocycles. The van der Waals surface area contributed by atoms with Crippen molar-refractivity contribution < 1.29 is 9.47 Å². The molecule has 104 valence electrons. The van der Waals surface area contributed by atoms with Crippen molar-refractivity contribution in [2.75, 3.05) is 6.79 Å². The van der Waals surface area contributed by atoms with E-state index in [4.69, 9.17) is 9.47 Å². The van der Waals surface area contributed by atoms with Crippen molar-refractivity contribution in [2.24, 2.45) is 0 Å². The molecule has 2 aromatic heterocycles. The van der Waals surface area contributed by atoms with E-state index in [2.05, 4.69) is 9.97 Å². The number of ether oxygens (including phenoxy) is 2. The fraction of sp³-hybridized carbons (Fsp3) is 0.133. The van der Waals surface area contributed by atoms with Gasteiger partial charge >= 0.3 is 0 Å². The number of fused-ring (bicyclic) bond motifs is 2. The zero-order valence-corrected chi connectivity index (χ0v) is 11.0. The molecule has 0 unspecified atom stereocenters. The largest absolute Gasteiger partial charge is 0.454 e. The van der Waals surface area contributed by atoms with Gasteiger partial charge in [-0.15, -0.1) is 0 Å². The summed E-state index contributed by atoms with van der Waals surface area (Å²) in [6.45, 7) is 0.662. The Morgan fingerprint density at radius 1 is 1.14 bits per heavy atom. The van der Waals surface area contributed by atoms with Crippen LogP contribution < -0.4 is 15.0 Å². The summed E-state index contributed by atoms with van der Waals surface area (Å²) in [5.41, 5.74) is 1.31. The molecular formula is C15H11N3O3. The number of hydrogen-bond donors (Lipinski definition) is 0. The summed E-state index contributed by atoms with van der Waals surface area (Å²) in [6.07, 6.45) is 3.14. The highest BCUT2D eigenvalue weighted by Crippen LogP contribution is 2.32. The van der Waals surface area contributed by atoms with Crippen LogP contribution in [0.5, 0.6) is 11.5 Å². The van der Waals surface area contributed by atoms with Crippen molar-refractivity contribution in [3.05, 3.63) is 58.8 Å². The van der Waals surface area contributed by atoms with Gasteiger partial charge in [0.15, 0.2) is 17.1 Å². The average Bonchev–Trinajstić information content (AvgIpc) is 2.98. The third kappa shape index (κ3) is 2.01. The summed E-state index contributed by atoms with van der Waals surface area (Å²) in [7, 11) is 0. The van der Waals surface area contributed by atoms with Gasteiger partial charge in [-0.1, -0.05) is 6.07 Å². The molecular weight excluding hydrogens is 270 g/mol. The number of rotatable bonds is 2. The second kappa shape index (κ2) is 4.59. The van der Waals surface area contributed by atoms with Gasteiger partial charge in [0.25, 0.3) is 5.56 Å². The lowest BCUT2D eigenvalue weighted by Crippen LogP contribution is -2.21. The van der Waals surface area contributed by atoms with Gasteiger partial charge in [0, 0.05) is 6.20 Å². The smallest absolute Gasteiger partial charge is 0.263 e. The molecule has 0 N–H and O–H groups in total. The Balaban J connectivity index is 1.74. The third-order valence-corrected chi connectivity index (χ3v) is 3.39. The van der Waals surface area contributed by atoms with Crippen LogP contribution in [-0.2, 0) is 6.54 Å². The van der Waals surface area contributed by atoms with Crippen LogP contribution in [0.1, 0.15) is 5.56 Å². The number of pyridine rings is 1. The van der Waals surface area contributed by atoms with E-state index in [0.717, 1.165) is 11.3 Å². The van der Waals surface area contributed by atoms with Crippen molar-refractivity contribution in [3.63, 3.8) is 0 Å². The molecule has 0 spiro atoms. The highest BCUT2D eigenvalue weighted by molar-refractivity contribution is 5.72. The number of aromatic nitrogens is 3. The van der Waals surface area contributed by atoms with Crippen molar-refractivity contribution in [2.45, 2.75) is 6.54 Å². The maximum absolute atomic E-state index is 12.4. The Morgan fingerprint density at radius 2 is 2.05 bits per heavy atom. The van der Waals surface area contributed by atoms with Gasteiger partial charge in [-0.05, 0) is 29.8 Å². The molecule has 0 fully saturated rings. The molecule has 0 radical (unpaired) electrons. The van der Waals surface area contributed by atoms with E-state index in [1.54, 1.807) is 22.9 Å². The minimum atomic E-state index is -0.106. The quantitative estimate of drug-likeness (QED) is 0.713. The molecule has 21 heavy (non-hydrogen) atoms. The average molecular weight is 281 g/mol. The zero-order valence-electron chi connectivity index (χ0n) is 11.0. The van der Waals surface area contributed by atoms with Crippen LogP contribution in [0.25, 0.3) is 11.0 Å². The number of nitrogens with zero attached hydrogens (tertiary/aromatic N) is 3. The zero-order chi connectivity index (χ0) is 14.2. The van der Waals surface area contributed by atoms with Gasteiger partial charge in [-0.2, -0.15) is 0 Å². The molecule has 3 aromatic rings. The summed E-state index contributed by atoms with van der Waals surface area (Å²) in [5.74, 6) is 1.43. The Bertz CT molecular complexity index is 889. The molecule has 6 heteroatoms. The number of hydrogen-bond acceptors (Lipinski definition) is 5. The Morgan fingerprint density at radius 3 is 3.00 bits per heavy atom. The first-order valence-corrected chi connectivity index (χ1v) is 6.50. The minimum Gasteiger partial charge on any atom is -0.454 e. The topological polar surface area (TPSA) is 66.2 Å². The molecule has 1 aliphatic heterocycles. The molecule has 0 atom stereocenters. The predicted molar refractivity (Wildman–Crippen MR) is 75.5 cm³/mol. The highest BCUT2D eigenvalue weighted by Gasteiger charge is 2.13. The van der Waals surface area contributed by atoms with Crippen LogP contribution in [0, 0.1) is 0 Å². The Hall–Kier alpha value is -2.89. The Labute approximate surface area is 119 Å². The van der Waals surface area contributed by atoms with E-state index in [9.17, 15) is 4.79 Å². The summed E-state index contributed by atoms with van der Waals surface area (Å²) in [4.78, 5) is 20.7. The first-order chi connectivity index (χ1) is 10.3. The lowest BCUT2D eigenvalue weighted by atomic mass is 10.2. The Kier molecular flexibility index (Phi) is 2.60. The van der Waals surface area contributed by atoms with Crippen LogP contribution in [0.4, 0.5) is 0 Å². The lowest BCUT2D eigenvalue weighted by Gasteiger charge is -2.07. The van der Waals surface area contributed by atoms with E-state index >= 15 is 0 Å². The van der Waals surface area contributed by atoms with Crippen LogP contribution in [-0.4, -0.2) is 21.3 Å². The van der Waals surface area contributed by atoms with Gasteiger partial charge in [-0.3, -0.25) is 9.36 Å². The van der Waals surface area contributed by atoms with E-state index in [1.165, 1.54) is 6.33 Å². The monoisotopic (exact) mass is 281 g/mol. The van der Waals surface area contributed by atoms with Crippen LogP contribution in [0.3, 0.4) is 0 Å². The van der Waals surface area contributed by atoms with Crippen molar-refractivity contribution in [1.29, 1.82) is 0 Å². The molecule has 1 aliphatic rings. The normalized spacial score (nSPS) is 12.8. The second-order valence-corrected chi connectivity index (χ2v) is 4.74. The summed E-state index contributed by atoms with van der Waals surface area (Å²) in [5, 5.41) is 0.515. The fourth-order valence-corrected chi connectivity index (χ4v) is 2.35. The standard InChI is InChI=1S/C15H11N3O3/c19-15-11-2-1-5-16-14(11)17-8-18(15)7-10-3-4-12-13(6-10)21-9-20-12/h1-6,8H,7,9H2. The molecule has 4 rings (SSSR count). The minimum absolute atomic E-state index is 0.106. The van der Waals surface area contributed by atoms with Crippen molar-refractivity contribution in [1.82, 2.24) is 14.5 Å². The SMILES string of the molecule is O=c1c2cccnc2ncn1Cc1ccc2c(c1)OCO2. The van der Waals surface area contributed by atoms with Crippen molar-refractivity contribution in [3.8, 4) is 11.5 Å². The summed E-state index contributed by atoms with van der Waals surface area (Å²) < 4.78 is 12.2. The fourth-order valence-electron chi connectivity index (χ4n) is 2.35. The van der Waals surface area contributed by atoms with E-state index in [-0.39, 0.29) is 12.4 Å². The van der Waals surface area contributed by atoms with Crippen LogP contribution in [0.15, 0.2) is 47.7 Å². The van der Waals surface area contributed by atoms with Crippen molar-refractivity contribution >= 4 is 11.0 Å². The first kappa shape index (κ1) is 11.9. The van der Waals surface area contributed by atoms with E-state index in [0.29, 0.717) is 23.3 Å². The molecule has 6 nitrogen and oxygen atoms in total. The maximum atomic E-state index is 12.4. The van der Waals surface area contributed by atoms with Gasteiger partial charge in [-0.25, -0.2) is 9.97 Å². The number of benzene rings is 1. The second-order valence-electron chi connectivity index (χ2n) is 4.74. The summed E-state index contributed by atoms with van der Waals surface area (Å²) in [6, 6.07) is 9.10. The molecule has 0 bridgehead atoms. The maximum Gasteiger partial charge on any atom is 0.263 e. The molecule has 0 saturated carbocycles. The summed E-state index contributed by atoms with van der Waals surface area (Å²) >= 11 is 0. The molecule has 0 amide bonds. The van der Waals surface area contributed by atoms with Gasteiger partial charge in [0.05, 0.1) is 11.9 Å². The first-order valence-electron chi connectivity index (χ1n) is 6.50. The predicted octanol–water partition coefficient (Wildman–Crippen LogP) is 1.57. The molecule has 0 aliphatic carbocycles. The third-order valence-electron chi connectivity index (χ3n) is 3.39. The van der Waals surface area contributed by atoms with Gasteiger partial charge < -0.3 is 9.47 Å². The van der Waals surface area contributed by atoms with Gasteiger partial charge in [0.2, 0.25) is 6.79 Å². The van der Waals surface area contributed by atoms with Crippen LogP contribution in [0.2, 0.25) is 0 Å². The lowest BCUT2D eigenvalue weighted by molar-refractivity contribution is 0.174. The highest BCUT2D eigenvalue weighted by atomic mass is 16.7. The van der Waals surface area contributed by atoms with E-state index < -0.39 is 0 Å². The molecule has 3 heterocycles. The van der Waals surface area contributed by atoms with Gasteiger partial charge in [0.1, 0.15) is 6.33 Å². The van der Waals surface area contributed by atoms with Crippen LogP contribution >= 0.6 is 0 Å². The van der Waals surface area contributed by atoms with E-state index in [1.807, 2.05) is 18.2 Å². The molecule has 1 aromatic carbocycles.